The average Bonchev–Trinajstić information content (AvgIpc) is 2.70. The molecule has 1 heterocycles. The summed E-state index contributed by atoms with van der Waals surface area (Å²) in [7, 11) is 3.47. The van der Waals surface area contributed by atoms with Gasteiger partial charge in [0.1, 0.15) is 5.75 Å². The van der Waals surface area contributed by atoms with E-state index in [4.69, 9.17) is 4.74 Å². The summed E-state index contributed by atoms with van der Waals surface area (Å²) in [5, 5.41) is 4.25. The van der Waals surface area contributed by atoms with Crippen molar-refractivity contribution in [3.63, 3.8) is 0 Å². The van der Waals surface area contributed by atoms with Gasteiger partial charge in [0.25, 0.3) is 0 Å². The lowest BCUT2D eigenvalue weighted by atomic mass is 10.1. The van der Waals surface area contributed by atoms with Crippen LogP contribution in [0.3, 0.4) is 0 Å². The van der Waals surface area contributed by atoms with Gasteiger partial charge in [-0.3, -0.25) is 9.48 Å². The Morgan fingerprint density at radius 1 is 1.25 bits per heavy atom. The average molecular weight is 270 g/mol. The minimum absolute atomic E-state index is 0.0241. The number of carbonyl (C=O) groups excluding carboxylic acids is 1. The zero-order chi connectivity index (χ0) is 14.7. The molecule has 0 atom stereocenters. The summed E-state index contributed by atoms with van der Waals surface area (Å²) in [4.78, 5) is 12.2. The maximum absolute atomic E-state index is 12.2. The molecule has 0 saturated carbocycles. The number of ketones is 1. The molecule has 1 aromatic carbocycles. The van der Waals surface area contributed by atoms with Crippen LogP contribution in [0.4, 0.5) is 0 Å². The van der Waals surface area contributed by atoms with E-state index in [0.717, 1.165) is 22.7 Å². The van der Waals surface area contributed by atoms with Gasteiger partial charge < -0.3 is 4.74 Å². The topological polar surface area (TPSA) is 44.1 Å². The molecule has 20 heavy (non-hydrogen) atoms. The predicted molar refractivity (Wildman–Crippen MR) is 79.0 cm³/mol. The summed E-state index contributed by atoms with van der Waals surface area (Å²) < 4.78 is 6.82. The highest BCUT2D eigenvalue weighted by atomic mass is 16.5. The first kappa shape index (κ1) is 14.1. The molecule has 0 aliphatic heterocycles. The van der Waals surface area contributed by atoms with E-state index < -0.39 is 0 Å². The lowest BCUT2D eigenvalue weighted by Gasteiger charge is -1.99. The number of allylic oxidation sites excluding steroid dienone is 1. The zero-order valence-corrected chi connectivity index (χ0v) is 12.2. The molecule has 0 aliphatic rings. The second-order valence-corrected chi connectivity index (χ2v) is 4.64. The van der Waals surface area contributed by atoms with Crippen LogP contribution < -0.4 is 4.74 Å². The second kappa shape index (κ2) is 5.74. The lowest BCUT2D eigenvalue weighted by Crippen LogP contribution is -1.99. The van der Waals surface area contributed by atoms with E-state index in [9.17, 15) is 4.79 Å². The first-order valence-electron chi connectivity index (χ1n) is 6.39. The van der Waals surface area contributed by atoms with Crippen LogP contribution in [0.25, 0.3) is 6.08 Å². The summed E-state index contributed by atoms with van der Waals surface area (Å²) in [6.45, 7) is 3.75. The quantitative estimate of drug-likeness (QED) is 0.633. The third-order valence-corrected chi connectivity index (χ3v) is 3.30. The molecule has 0 radical (unpaired) electrons. The van der Waals surface area contributed by atoms with Crippen molar-refractivity contribution in [3.8, 4) is 5.75 Å². The van der Waals surface area contributed by atoms with Crippen LogP contribution in [-0.2, 0) is 7.05 Å². The number of ether oxygens (including phenoxy) is 1. The minimum Gasteiger partial charge on any atom is -0.497 e. The van der Waals surface area contributed by atoms with Crippen LogP contribution in [0.5, 0.6) is 5.75 Å². The lowest BCUT2D eigenvalue weighted by molar-refractivity contribution is 0.104. The number of rotatable bonds is 4. The molecule has 0 N–H and O–H groups in total. The molecule has 2 rings (SSSR count). The number of hydrogen-bond acceptors (Lipinski definition) is 3. The summed E-state index contributed by atoms with van der Waals surface area (Å²) in [6.07, 6.45) is 3.38. The molecule has 0 saturated heterocycles. The van der Waals surface area contributed by atoms with Crippen molar-refractivity contribution in [1.82, 2.24) is 9.78 Å². The molecule has 4 heteroatoms. The van der Waals surface area contributed by atoms with E-state index in [1.54, 1.807) is 23.9 Å². The van der Waals surface area contributed by atoms with Crippen LogP contribution in [0, 0.1) is 13.8 Å². The van der Waals surface area contributed by atoms with E-state index in [1.807, 2.05) is 45.2 Å². The van der Waals surface area contributed by atoms with Gasteiger partial charge in [-0.15, -0.1) is 0 Å². The summed E-state index contributed by atoms with van der Waals surface area (Å²) >= 11 is 0. The van der Waals surface area contributed by atoms with Gasteiger partial charge in [-0.1, -0.05) is 18.2 Å². The Hall–Kier alpha value is -2.36. The van der Waals surface area contributed by atoms with Crippen LogP contribution in [0.15, 0.2) is 30.3 Å². The van der Waals surface area contributed by atoms with Crippen molar-refractivity contribution in [2.75, 3.05) is 7.11 Å². The Kier molecular flexibility index (Phi) is 4.03. The number of nitrogens with zero attached hydrogens (tertiary/aromatic N) is 2. The number of methoxy groups -OCH3 is 1. The number of carbonyl (C=O) groups is 1. The molecule has 0 fully saturated rings. The summed E-state index contributed by atoms with van der Waals surface area (Å²) in [5.41, 5.74) is 3.27. The van der Waals surface area contributed by atoms with Gasteiger partial charge >= 0.3 is 0 Å². The zero-order valence-electron chi connectivity index (χ0n) is 12.2. The maximum atomic E-state index is 12.2. The molecule has 0 amide bonds. The van der Waals surface area contributed by atoms with Gasteiger partial charge in [-0.2, -0.15) is 5.10 Å². The highest BCUT2D eigenvalue weighted by Gasteiger charge is 2.14. The van der Waals surface area contributed by atoms with Crippen molar-refractivity contribution in [3.05, 3.63) is 52.9 Å². The Labute approximate surface area is 118 Å². The van der Waals surface area contributed by atoms with Crippen LogP contribution in [0.1, 0.15) is 27.3 Å². The van der Waals surface area contributed by atoms with Crippen molar-refractivity contribution < 1.29 is 9.53 Å². The molecule has 2 aromatic rings. The van der Waals surface area contributed by atoms with Crippen LogP contribution >= 0.6 is 0 Å². The van der Waals surface area contributed by atoms with Crippen molar-refractivity contribution in [2.24, 2.45) is 7.05 Å². The van der Waals surface area contributed by atoms with E-state index in [-0.39, 0.29) is 5.78 Å². The van der Waals surface area contributed by atoms with Crippen LogP contribution in [0.2, 0.25) is 0 Å². The Morgan fingerprint density at radius 3 is 2.40 bits per heavy atom. The number of aromatic nitrogens is 2. The predicted octanol–water partition coefficient (Wildman–Crippen LogP) is 2.94. The first-order valence-corrected chi connectivity index (χ1v) is 6.39. The molecular weight excluding hydrogens is 252 g/mol. The van der Waals surface area contributed by atoms with Gasteiger partial charge in [0.2, 0.25) is 0 Å². The SMILES string of the molecule is COc1ccc(C=CC(=O)c2c(C)nn(C)c2C)cc1. The Bertz CT molecular complexity index is 652. The fourth-order valence-electron chi connectivity index (χ4n) is 2.10. The van der Waals surface area contributed by atoms with Crippen molar-refractivity contribution >= 4 is 11.9 Å². The third-order valence-electron chi connectivity index (χ3n) is 3.30. The monoisotopic (exact) mass is 270 g/mol. The molecule has 0 bridgehead atoms. The van der Waals surface area contributed by atoms with Gasteiger partial charge in [0.05, 0.1) is 18.4 Å². The van der Waals surface area contributed by atoms with Crippen molar-refractivity contribution in [1.29, 1.82) is 0 Å². The molecule has 4 nitrogen and oxygen atoms in total. The molecule has 0 spiro atoms. The van der Waals surface area contributed by atoms with Gasteiger partial charge in [-0.25, -0.2) is 0 Å². The van der Waals surface area contributed by atoms with E-state index >= 15 is 0 Å². The molecule has 1 aromatic heterocycles. The third kappa shape index (κ3) is 2.79. The van der Waals surface area contributed by atoms with Gasteiger partial charge in [0, 0.05) is 12.7 Å². The normalized spacial score (nSPS) is 11.0. The van der Waals surface area contributed by atoms with E-state index in [2.05, 4.69) is 5.10 Å². The number of aryl methyl sites for hydroxylation is 2. The van der Waals surface area contributed by atoms with Crippen molar-refractivity contribution in [2.45, 2.75) is 13.8 Å². The molecule has 0 aliphatic carbocycles. The molecule has 104 valence electrons. The minimum atomic E-state index is -0.0241. The highest BCUT2D eigenvalue weighted by molar-refractivity contribution is 6.08. The fourth-order valence-corrected chi connectivity index (χ4v) is 2.10. The number of hydrogen-bond donors (Lipinski definition) is 0. The fraction of sp³-hybridized carbons (Fsp3) is 0.250. The van der Waals surface area contributed by atoms with Gasteiger partial charge in [-0.05, 0) is 37.6 Å². The number of benzene rings is 1. The van der Waals surface area contributed by atoms with E-state index in [0.29, 0.717) is 5.56 Å². The maximum Gasteiger partial charge on any atom is 0.189 e. The summed E-state index contributed by atoms with van der Waals surface area (Å²) in [6, 6.07) is 7.55. The van der Waals surface area contributed by atoms with E-state index in [1.165, 1.54) is 0 Å². The highest BCUT2D eigenvalue weighted by Crippen LogP contribution is 2.15. The standard InChI is InChI=1S/C16H18N2O2/c1-11-16(12(2)18(3)17-11)15(19)10-7-13-5-8-14(20-4)9-6-13/h5-10H,1-4H3. The molecule has 0 unspecified atom stereocenters. The van der Waals surface area contributed by atoms with Gasteiger partial charge in [0.15, 0.2) is 5.78 Å². The molecular formula is C16H18N2O2. The first-order chi connectivity index (χ1) is 9.52. The Morgan fingerprint density at radius 2 is 1.90 bits per heavy atom. The second-order valence-electron chi connectivity index (χ2n) is 4.64. The van der Waals surface area contributed by atoms with Crippen LogP contribution in [-0.4, -0.2) is 22.7 Å². The largest absolute Gasteiger partial charge is 0.497 e. The Balaban J connectivity index is 2.20. The summed E-state index contributed by atoms with van der Waals surface area (Å²) in [5.74, 6) is 0.774. The smallest absolute Gasteiger partial charge is 0.189 e.